The first-order chi connectivity index (χ1) is 8.56. The molecule has 0 aromatic carbocycles. The Kier molecular flexibility index (Phi) is 3.22. The van der Waals surface area contributed by atoms with E-state index >= 15 is 0 Å². The van der Waals surface area contributed by atoms with Crippen molar-refractivity contribution in [2.24, 2.45) is 5.73 Å². The van der Waals surface area contributed by atoms with Gasteiger partial charge in [0.05, 0.1) is 12.4 Å². The molecule has 2 rings (SSSR count). The average molecular weight is 250 g/mol. The van der Waals surface area contributed by atoms with Crippen LogP contribution >= 0.6 is 0 Å². The van der Waals surface area contributed by atoms with Gasteiger partial charge in [-0.3, -0.25) is 0 Å². The second-order valence-corrected chi connectivity index (χ2v) is 3.63. The van der Waals surface area contributed by atoms with Crippen LogP contribution in [0.2, 0.25) is 0 Å². The summed E-state index contributed by atoms with van der Waals surface area (Å²) in [4.78, 5) is 14.7. The van der Waals surface area contributed by atoms with Crippen molar-refractivity contribution >= 4 is 6.09 Å². The van der Waals surface area contributed by atoms with E-state index in [1.807, 2.05) is 0 Å². The third-order valence-electron chi connectivity index (χ3n) is 2.32. The number of carbonyl (C=O) groups excluding carboxylic acids is 1. The smallest absolute Gasteiger partial charge is 0.405 e. The van der Waals surface area contributed by atoms with E-state index in [9.17, 15) is 9.18 Å². The van der Waals surface area contributed by atoms with Crippen LogP contribution in [0.25, 0.3) is 5.82 Å². The van der Waals surface area contributed by atoms with Crippen molar-refractivity contribution in [1.82, 2.24) is 14.8 Å². The topological polar surface area (TPSA) is 83.0 Å². The predicted molar refractivity (Wildman–Crippen MR) is 60.4 cm³/mol. The lowest BCUT2D eigenvalue weighted by molar-refractivity contribution is 0.116. The van der Waals surface area contributed by atoms with Crippen molar-refractivity contribution in [2.45, 2.75) is 13.0 Å². The van der Waals surface area contributed by atoms with E-state index in [0.717, 1.165) is 6.20 Å². The van der Waals surface area contributed by atoms with Gasteiger partial charge >= 0.3 is 6.09 Å². The number of rotatable bonds is 3. The van der Waals surface area contributed by atoms with Crippen molar-refractivity contribution in [3.63, 3.8) is 0 Å². The minimum Gasteiger partial charge on any atom is -0.442 e. The van der Waals surface area contributed by atoms with E-state index in [2.05, 4.69) is 10.1 Å². The summed E-state index contributed by atoms with van der Waals surface area (Å²) in [6.45, 7) is 1.68. The van der Waals surface area contributed by atoms with Crippen molar-refractivity contribution in [2.75, 3.05) is 0 Å². The quantitative estimate of drug-likeness (QED) is 0.896. The average Bonchev–Trinajstić information content (AvgIpc) is 2.75. The maximum absolute atomic E-state index is 12.8. The van der Waals surface area contributed by atoms with Crippen LogP contribution in [0.5, 0.6) is 0 Å². The highest BCUT2D eigenvalue weighted by Gasteiger charge is 2.10. The summed E-state index contributed by atoms with van der Waals surface area (Å²) < 4.78 is 18.9. The Bertz CT molecular complexity index is 552. The van der Waals surface area contributed by atoms with Crippen LogP contribution in [-0.4, -0.2) is 20.9 Å². The first kappa shape index (κ1) is 12.0. The Balaban J connectivity index is 2.17. The molecule has 18 heavy (non-hydrogen) atoms. The van der Waals surface area contributed by atoms with Crippen LogP contribution in [0.4, 0.5) is 9.18 Å². The molecule has 0 aliphatic rings. The van der Waals surface area contributed by atoms with Gasteiger partial charge in [-0.15, -0.1) is 0 Å². The van der Waals surface area contributed by atoms with Gasteiger partial charge in [0, 0.05) is 11.8 Å². The van der Waals surface area contributed by atoms with E-state index in [4.69, 9.17) is 10.5 Å². The summed E-state index contributed by atoms with van der Waals surface area (Å²) in [5, 5.41) is 3.78. The zero-order valence-corrected chi connectivity index (χ0v) is 9.58. The highest BCUT2D eigenvalue weighted by Crippen LogP contribution is 2.16. The summed E-state index contributed by atoms with van der Waals surface area (Å²) in [6, 6.07) is 3.35. The van der Waals surface area contributed by atoms with Crippen LogP contribution < -0.4 is 5.73 Å². The largest absolute Gasteiger partial charge is 0.442 e. The van der Waals surface area contributed by atoms with Gasteiger partial charge < -0.3 is 10.5 Å². The Labute approximate surface area is 102 Å². The SMILES string of the molecule is C[C@H](OC(N)=O)c1ccc(-n2cc(F)cn2)nc1. The van der Waals surface area contributed by atoms with E-state index in [0.29, 0.717) is 11.4 Å². The molecule has 0 aliphatic heterocycles. The molecule has 94 valence electrons. The Morgan fingerprint density at radius 2 is 2.28 bits per heavy atom. The number of carbonyl (C=O) groups is 1. The molecule has 0 saturated carbocycles. The molecule has 6 nitrogen and oxygen atoms in total. The van der Waals surface area contributed by atoms with Gasteiger partial charge in [0.15, 0.2) is 11.6 Å². The maximum Gasteiger partial charge on any atom is 0.405 e. The third-order valence-corrected chi connectivity index (χ3v) is 2.32. The molecule has 0 bridgehead atoms. The molecule has 2 heterocycles. The first-order valence-corrected chi connectivity index (χ1v) is 5.19. The molecule has 0 spiro atoms. The van der Waals surface area contributed by atoms with Gasteiger partial charge in [0.1, 0.15) is 6.10 Å². The Hall–Kier alpha value is -2.44. The van der Waals surface area contributed by atoms with E-state index in [1.54, 1.807) is 19.1 Å². The summed E-state index contributed by atoms with van der Waals surface area (Å²) in [7, 11) is 0. The molecule has 0 radical (unpaired) electrons. The first-order valence-electron chi connectivity index (χ1n) is 5.19. The van der Waals surface area contributed by atoms with Gasteiger partial charge in [0.2, 0.25) is 0 Å². The monoisotopic (exact) mass is 250 g/mol. The molecule has 0 unspecified atom stereocenters. The van der Waals surface area contributed by atoms with Crippen LogP contribution in [0, 0.1) is 5.82 Å². The van der Waals surface area contributed by atoms with E-state index < -0.39 is 18.0 Å². The van der Waals surface area contributed by atoms with Crippen molar-refractivity contribution < 1.29 is 13.9 Å². The molecule has 0 fully saturated rings. The molecule has 2 aromatic heterocycles. The summed E-state index contributed by atoms with van der Waals surface area (Å²) in [6.07, 6.45) is 2.49. The number of hydrogen-bond acceptors (Lipinski definition) is 4. The summed E-state index contributed by atoms with van der Waals surface area (Å²) in [5.74, 6) is 0.0280. The second kappa shape index (κ2) is 4.82. The van der Waals surface area contributed by atoms with Crippen LogP contribution in [-0.2, 0) is 4.74 Å². The number of nitrogens with zero attached hydrogens (tertiary/aromatic N) is 3. The molecule has 0 aliphatic carbocycles. The normalized spacial score (nSPS) is 12.1. The Morgan fingerprint density at radius 3 is 2.78 bits per heavy atom. The van der Waals surface area contributed by atoms with Crippen LogP contribution in [0.3, 0.4) is 0 Å². The van der Waals surface area contributed by atoms with Crippen molar-refractivity contribution in [3.8, 4) is 5.82 Å². The van der Waals surface area contributed by atoms with Gasteiger partial charge in [-0.1, -0.05) is 6.07 Å². The minimum absolute atomic E-state index is 0.439. The molecule has 1 amide bonds. The number of halogens is 1. The highest BCUT2D eigenvalue weighted by atomic mass is 19.1. The maximum atomic E-state index is 12.8. The molecule has 2 aromatic rings. The number of primary amides is 1. The van der Waals surface area contributed by atoms with Gasteiger partial charge in [-0.05, 0) is 13.0 Å². The Morgan fingerprint density at radius 1 is 1.50 bits per heavy atom. The number of ether oxygens (including phenoxy) is 1. The van der Waals surface area contributed by atoms with Crippen LogP contribution in [0.1, 0.15) is 18.6 Å². The molecular weight excluding hydrogens is 239 g/mol. The standard InChI is InChI=1S/C11H11FN4O2/c1-7(18-11(13)17)8-2-3-10(14-4-8)16-6-9(12)5-15-16/h2-7H,1H3,(H2,13,17)/t7-/m0/s1. The number of nitrogens with two attached hydrogens (primary N) is 1. The third kappa shape index (κ3) is 2.62. The van der Waals surface area contributed by atoms with Gasteiger partial charge in [0.25, 0.3) is 0 Å². The van der Waals surface area contributed by atoms with E-state index in [1.165, 1.54) is 17.1 Å². The number of hydrogen-bond donors (Lipinski definition) is 1. The summed E-state index contributed by atoms with van der Waals surface area (Å²) in [5.41, 5.74) is 5.60. The van der Waals surface area contributed by atoms with Gasteiger partial charge in [-0.2, -0.15) is 5.10 Å². The van der Waals surface area contributed by atoms with E-state index in [-0.39, 0.29) is 0 Å². The number of pyridine rings is 1. The lowest BCUT2D eigenvalue weighted by Crippen LogP contribution is -2.15. The summed E-state index contributed by atoms with van der Waals surface area (Å²) >= 11 is 0. The molecule has 1 atom stereocenters. The van der Waals surface area contributed by atoms with Gasteiger partial charge in [-0.25, -0.2) is 18.9 Å². The van der Waals surface area contributed by atoms with Crippen molar-refractivity contribution in [1.29, 1.82) is 0 Å². The number of amides is 1. The lowest BCUT2D eigenvalue weighted by Gasteiger charge is -2.11. The van der Waals surface area contributed by atoms with Crippen LogP contribution in [0.15, 0.2) is 30.7 Å². The number of aromatic nitrogens is 3. The van der Waals surface area contributed by atoms with Crippen molar-refractivity contribution in [3.05, 3.63) is 42.1 Å². The predicted octanol–water partition coefficient (Wildman–Crippen LogP) is 1.56. The zero-order valence-electron chi connectivity index (χ0n) is 9.58. The minimum atomic E-state index is -0.847. The molecular formula is C11H11FN4O2. The fourth-order valence-corrected chi connectivity index (χ4v) is 1.44. The molecule has 0 saturated heterocycles. The molecule has 7 heteroatoms. The zero-order chi connectivity index (χ0) is 13.1. The fourth-order valence-electron chi connectivity index (χ4n) is 1.44. The highest BCUT2D eigenvalue weighted by molar-refractivity contribution is 5.64. The fraction of sp³-hybridized carbons (Fsp3) is 0.182. The molecule has 2 N–H and O–H groups in total. The lowest BCUT2D eigenvalue weighted by atomic mass is 10.2. The second-order valence-electron chi connectivity index (χ2n) is 3.63.